The second-order valence-electron chi connectivity index (χ2n) is 5.81. The number of anilines is 2. The predicted molar refractivity (Wildman–Crippen MR) is 107 cm³/mol. The fourth-order valence-electron chi connectivity index (χ4n) is 2.44. The highest BCUT2D eigenvalue weighted by Gasteiger charge is 2.07. The molecule has 0 fully saturated rings. The van der Waals surface area contributed by atoms with Crippen LogP contribution in [0.4, 0.5) is 16.2 Å². The van der Waals surface area contributed by atoms with E-state index in [1.807, 2.05) is 38.1 Å². The molecule has 6 nitrogen and oxygen atoms in total. The maximum absolute atomic E-state index is 12.2. The van der Waals surface area contributed by atoms with Gasteiger partial charge in [0.1, 0.15) is 0 Å². The van der Waals surface area contributed by atoms with E-state index in [-0.39, 0.29) is 6.03 Å². The summed E-state index contributed by atoms with van der Waals surface area (Å²) in [5.41, 5.74) is 3.88. The van der Waals surface area contributed by atoms with Crippen molar-refractivity contribution in [3.05, 3.63) is 65.2 Å². The van der Waals surface area contributed by atoms with Crippen LogP contribution in [0.2, 0.25) is 5.02 Å². The van der Waals surface area contributed by atoms with Crippen molar-refractivity contribution in [3.63, 3.8) is 0 Å². The van der Waals surface area contributed by atoms with Crippen molar-refractivity contribution in [1.29, 1.82) is 0 Å². The van der Waals surface area contributed by atoms with Gasteiger partial charge in [0.2, 0.25) is 5.88 Å². The van der Waals surface area contributed by atoms with Gasteiger partial charge in [-0.3, -0.25) is 0 Å². The number of aromatic nitrogens is 2. The standard InChI is InChI=1S/C20H19ClN4O2/c1-3-27-19-11-10-17(24-25-19)14-5-8-16(9-6-14)22-20(26)23-18-12-15(21)7-4-13(18)2/h4-12H,3H2,1-2H3,(H2,22,23,26). The van der Waals surface area contributed by atoms with Crippen molar-refractivity contribution >= 4 is 29.0 Å². The van der Waals surface area contributed by atoms with E-state index in [2.05, 4.69) is 20.8 Å². The van der Waals surface area contributed by atoms with E-state index in [4.69, 9.17) is 16.3 Å². The summed E-state index contributed by atoms with van der Waals surface area (Å²) in [7, 11) is 0. The lowest BCUT2D eigenvalue weighted by atomic mass is 10.1. The summed E-state index contributed by atoms with van der Waals surface area (Å²) in [6, 6.07) is 16.0. The van der Waals surface area contributed by atoms with Crippen molar-refractivity contribution in [2.45, 2.75) is 13.8 Å². The zero-order valence-electron chi connectivity index (χ0n) is 15.0. The lowest BCUT2D eigenvalue weighted by molar-refractivity contribution is 0.262. The van der Waals surface area contributed by atoms with Crippen LogP contribution >= 0.6 is 11.6 Å². The van der Waals surface area contributed by atoms with Crippen LogP contribution in [0.15, 0.2) is 54.6 Å². The minimum absolute atomic E-state index is 0.339. The van der Waals surface area contributed by atoms with Crippen LogP contribution < -0.4 is 15.4 Å². The molecule has 0 spiro atoms. The van der Waals surface area contributed by atoms with Crippen LogP contribution in [0.1, 0.15) is 12.5 Å². The molecule has 1 aromatic heterocycles. The molecule has 2 amide bonds. The summed E-state index contributed by atoms with van der Waals surface area (Å²) in [4.78, 5) is 12.2. The van der Waals surface area contributed by atoms with Crippen LogP contribution in [-0.4, -0.2) is 22.8 Å². The number of nitrogens with one attached hydrogen (secondary N) is 2. The van der Waals surface area contributed by atoms with E-state index in [0.717, 1.165) is 16.8 Å². The maximum Gasteiger partial charge on any atom is 0.323 e. The molecule has 0 saturated heterocycles. The molecule has 27 heavy (non-hydrogen) atoms. The molecule has 1 heterocycles. The number of amides is 2. The number of benzene rings is 2. The highest BCUT2D eigenvalue weighted by atomic mass is 35.5. The van der Waals surface area contributed by atoms with Crippen molar-refractivity contribution in [2.75, 3.05) is 17.2 Å². The van der Waals surface area contributed by atoms with Gasteiger partial charge in [-0.15, -0.1) is 10.2 Å². The van der Waals surface area contributed by atoms with Crippen molar-refractivity contribution in [1.82, 2.24) is 10.2 Å². The summed E-state index contributed by atoms with van der Waals surface area (Å²) in [6.07, 6.45) is 0. The van der Waals surface area contributed by atoms with Gasteiger partial charge in [-0.2, -0.15) is 0 Å². The smallest absolute Gasteiger partial charge is 0.323 e. The first kappa shape index (κ1) is 18.7. The molecule has 0 radical (unpaired) electrons. The van der Waals surface area contributed by atoms with Crippen molar-refractivity contribution in [3.8, 4) is 17.1 Å². The van der Waals surface area contributed by atoms with E-state index in [9.17, 15) is 4.79 Å². The number of hydrogen-bond donors (Lipinski definition) is 2. The van der Waals surface area contributed by atoms with Crippen LogP contribution in [0.25, 0.3) is 11.3 Å². The van der Waals surface area contributed by atoms with E-state index >= 15 is 0 Å². The summed E-state index contributed by atoms with van der Waals surface area (Å²) in [6.45, 7) is 4.34. The van der Waals surface area contributed by atoms with Crippen molar-refractivity contribution < 1.29 is 9.53 Å². The van der Waals surface area contributed by atoms with Crippen LogP contribution in [0.3, 0.4) is 0 Å². The summed E-state index contributed by atoms with van der Waals surface area (Å²) < 4.78 is 5.29. The molecule has 0 bridgehead atoms. The topological polar surface area (TPSA) is 76.1 Å². The van der Waals surface area contributed by atoms with Gasteiger partial charge >= 0.3 is 6.03 Å². The molecule has 0 unspecified atom stereocenters. The Morgan fingerprint density at radius 2 is 1.81 bits per heavy atom. The summed E-state index contributed by atoms with van der Waals surface area (Å²) >= 11 is 5.97. The number of aryl methyl sites for hydroxylation is 1. The zero-order chi connectivity index (χ0) is 19.2. The third kappa shape index (κ3) is 4.95. The van der Waals surface area contributed by atoms with Gasteiger partial charge in [0, 0.05) is 28.0 Å². The van der Waals surface area contributed by atoms with Crippen molar-refractivity contribution in [2.24, 2.45) is 0 Å². The molecule has 3 rings (SSSR count). The lowest BCUT2D eigenvalue weighted by Crippen LogP contribution is -2.19. The predicted octanol–water partition coefficient (Wildman–Crippen LogP) is 5.15. The summed E-state index contributed by atoms with van der Waals surface area (Å²) in [5.74, 6) is 0.493. The van der Waals surface area contributed by atoms with Gasteiger partial charge in [-0.05, 0) is 49.7 Å². The summed E-state index contributed by atoms with van der Waals surface area (Å²) in [5, 5.41) is 14.3. The molecule has 0 saturated carbocycles. The molecule has 0 aliphatic heterocycles. The third-order valence-electron chi connectivity index (χ3n) is 3.82. The van der Waals surface area contributed by atoms with Gasteiger partial charge in [0.25, 0.3) is 0 Å². The van der Waals surface area contributed by atoms with E-state index in [1.165, 1.54) is 0 Å². The van der Waals surface area contributed by atoms with Gasteiger partial charge in [0.05, 0.1) is 12.3 Å². The molecule has 0 atom stereocenters. The minimum Gasteiger partial charge on any atom is -0.477 e. The van der Waals surface area contributed by atoms with E-state index in [1.54, 1.807) is 30.3 Å². The Bertz CT molecular complexity index is 928. The number of hydrogen-bond acceptors (Lipinski definition) is 4. The number of rotatable bonds is 5. The molecule has 3 aromatic rings. The SMILES string of the molecule is CCOc1ccc(-c2ccc(NC(=O)Nc3cc(Cl)ccc3C)cc2)nn1. The molecular weight excluding hydrogens is 364 g/mol. The fraction of sp³-hybridized carbons (Fsp3) is 0.150. The number of urea groups is 1. The quantitative estimate of drug-likeness (QED) is 0.639. The Morgan fingerprint density at radius 1 is 1.04 bits per heavy atom. The fourth-order valence-corrected chi connectivity index (χ4v) is 2.61. The van der Waals surface area contributed by atoms with Gasteiger partial charge in [-0.25, -0.2) is 4.79 Å². The highest BCUT2D eigenvalue weighted by molar-refractivity contribution is 6.31. The number of ether oxygens (including phenoxy) is 1. The lowest BCUT2D eigenvalue weighted by Gasteiger charge is -2.10. The second-order valence-corrected chi connectivity index (χ2v) is 6.24. The van der Waals surface area contributed by atoms with Gasteiger partial charge in [-0.1, -0.05) is 29.8 Å². The van der Waals surface area contributed by atoms with Crippen LogP contribution in [-0.2, 0) is 0 Å². The minimum atomic E-state index is -0.339. The molecule has 0 aliphatic rings. The Morgan fingerprint density at radius 3 is 2.48 bits per heavy atom. The molecule has 138 valence electrons. The Balaban J connectivity index is 1.64. The van der Waals surface area contributed by atoms with Gasteiger partial charge < -0.3 is 15.4 Å². The monoisotopic (exact) mass is 382 g/mol. The van der Waals surface area contributed by atoms with E-state index in [0.29, 0.717) is 28.9 Å². The first-order chi connectivity index (χ1) is 13.0. The van der Waals surface area contributed by atoms with Crippen LogP contribution in [0, 0.1) is 6.92 Å². The number of nitrogens with zero attached hydrogens (tertiary/aromatic N) is 2. The number of carbonyl (C=O) groups excluding carboxylic acids is 1. The average Bonchev–Trinajstić information content (AvgIpc) is 2.66. The normalized spacial score (nSPS) is 10.3. The molecular formula is C20H19ClN4O2. The molecule has 0 aliphatic carbocycles. The first-order valence-electron chi connectivity index (χ1n) is 8.46. The first-order valence-corrected chi connectivity index (χ1v) is 8.84. The maximum atomic E-state index is 12.2. The highest BCUT2D eigenvalue weighted by Crippen LogP contribution is 2.22. The van der Waals surface area contributed by atoms with E-state index < -0.39 is 0 Å². The Hall–Kier alpha value is -3.12. The van der Waals surface area contributed by atoms with Gasteiger partial charge in [0.15, 0.2) is 0 Å². The zero-order valence-corrected chi connectivity index (χ0v) is 15.7. The third-order valence-corrected chi connectivity index (χ3v) is 4.05. The van der Waals surface area contributed by atoms with Crippen LogP contribution in [0.5, 0.6) is 5.88 Å². The largest absolute Gasteiger partial charge is 0.477 e. The number of carbonyl (C=O) groups is 1. The molecule has 2 N–H and O–H groups in total. The number of halogens is 1. The average molecular weight is 383 g/mol. The molecule has 2 aromatic carbocycles. The Labute approximate surface area is 162 Å². The molecule has 7 heteroatoms. The second kappa shape index (κ2) is 8.51. The Kier molecular flexibility index (Phi) is 5.88.